The Morgan fingerprint density at radius 2 is 1.71 bits per heavy atom. The fourth-order valence-corrected chi connectivity index (χ4v) is 3.55. The Hall–Kier alpha value is -0.150. The Labute approximate surface area is 131 Å². The molecular weight excluding hydrogens is 263 g/mol. The molecule has 1 aliphatic rings. The minimum Gasteiger partial charge on any atom is -0.311 e. The quantitative estimate of drug-likeness (QED) is 0.532. The van der Waals surface area contributed by atoms with Crippen LogP contribution in [0.3, 0.4) is 0 Å². The maximum atomic E-state index is 12.2. The molecule has 1 fully saturated rings. The lowest BCUT2D eigenvalue weighted by Gasteiger charge is -2.38. The second kappa shape index (κ2) is 12.4. The van der Waals surface area contributed by atoms with Gasteiger partial charge in [-0.15, -0.1) is 0 Å². The fraction of sp³-hybridized carbons (Fsp3) is 1.00. The van der Waals surface area contributed by atoms with Gasteiger partial charge >= 0.3 is 0 Å². The summed E-state index contributed by atoms with van der Waals surface area (Å²) in [6.07, 6.45) is 13.3. The van der Waals surface area contributed by atoms with Crippen LogP contribution in [-0.4, -0.2) is 43.3 Å². The first kappa shape index (κ1) is 18.9. The standard InChI is InChI=1S/C18H37FN2/c1-3-5-6-7-8-10-18(9-4-2)21-15-11-17(12-16-21)20-14-13-19/h17-18,20H,3-16H2,1-2H3. The van der Waals surface area contributed by atoms with Gasteiger partial charge < -0.3 is 10.2 Å². The molecule has 0 spiro atoms. The normalized spacial score (nSPS) is 19.0. The molecule has 1 heterocycles. The van der Waals surface area contributed by atoms with Gasteiger partial charge in [0, 0.05) is 18.6 Å². The van der Waals surface area contributed by atoms with Crippen molar-refractivity contribution < 1.29 is 4.39 Å². The number of alkyl halides is 1. The van der Waals surface area contributed by atoms with Crippen molar-refractivity contribution in [2.75, 3.05) is 26.3 Å². The van der Waals surface area contributed by atoms with E-state index < -0.39 is 0 Å². The van der Waals surface area contributed by atoms with E-state index in [1.54, 1.807) is 0 Å². The van der Waals surface area contributed by atoms with E-state index in [0.717, 1.165) is 6.04 Å². The van der Waals surface area contributed by atoms with Gasteiger partial charge in [-0.1, -0.05) is 52.4 Å². The highest BCUT2D eigenvalue weighted by Crippen LogP contribution is 2.20. The molecule has 1 N–H and O–H groups in total. The van der Waals surface area contributed by atoms with Gasteiger partial charge in [-0.3, -0.25) is 0 Å². The summed E-state index contributed by atoms with van der Waals surface area (Å²) in [4.78, 5) is 2.71. The van der Waals surface area contributed by atoms with Crippen LogP contribution in [0.4, 0.5) is 4.39 Å². The van der Waals surface area contributed by atoms with Gasteiger partial charge in [0.2, 0.25) is 0 Å². The molecule has 1 rings (SSSR count). The first-order valence-electron chi connectivity index (χ1n) is 9.35. The molecule has 0 saturated carbocycles. The van der Waals surface area contributed by atoms with Crippen LogP contribution in [0.25, 0.3) is 0 Å². The molecule has 0 amide bonds. The van der Waals surface area contributed by atoms with Crippen molar-refractivity contribution >= 4 is 0 Å². The SMILES string of the molecule is CCCCCCCC(CCC)N1CCC(NCCF)CC1. The van der Waals surface area contributed by atoms with Crippen molar-refractivity contribution in [1.82, 2.24) is 10.2 Å². The van der Waals surface area contributed by atoms with E-state index in [0.29, 0.717) is 12.6 Å². The van der Waals surface area contributed by atoms with Crippen LogP contribution in [0, 0.1) is 0 Å². The molecule has 21 heavy (non-hydrogen) atoms. The minimum atomic E-state index is -0.240. The number of unbranched alkanes of at least 4 members (excludes halogenated alkanes) is 4. The second-order valence-corrected chi connectivity index (χ2v) is 6.60. The first-order valence-corrected chi connectivity index (χ1v) is 9.35. The van der Waals surface area contributed by atoms with E-state index in [-0.39, 0.29) is 6.67 Å². The van der Waals surface area contributed by atoms with Crippen LogP contribution in [0.1, 0.15) is 78.1 Å². The lowest BCUT2D eigenvalue weighted by molar-refractivity contribution is 0.127. The third kappa shape index (κ3) is 8.15. The Kier molecular flexibility index (Phi) is 11.2. The van der Waals surface area contributed by atoms with Crippen LogP contribution in [0.2, 0.25) is 0 Å². The number of halogens is 1. The van der Waals surface area contributed by atoms with Crippen LogP contribution in [0.5, 0.6) is 0 Å². The maximum Gasteiger partial charge on any atom is 0.102 e. The topological polar surface area (TPSA) is 15.3 Å². The number of nitrogens with one attached hydrogen (secondary N) is 1. The van der Waals surface area contributed by atoms with Crippen LogP contribution in [-0.2, 0) is 0 Å². The van der Waals surface area contributed by atoms with Crippen molar-refractivity contribution in [3.63, 3.8) is 0 Å². The Morgan fingerprint density at radius 1 is 1.00 bits per heavy atom. The lowest BCUT2D eigenvalue weighted by atomic mass is 9.97. The zero-order valence-electron chi connectivity index (χ0n) is 14.4. The van der Waals surface area contributed by atoms with Gasteiger partial charge in [0.15, 0.2) is 0 Å². The predicted molar refractivity (Wildman–Crippen MR) is 90.6 cm³/mol. The number of nitrogens with zero attached hydrogens (tertiary/aromatic N) is 1. The zero-order valence-corrected chi connectivity index (χ0v) is 14.4. The molecule has 1 unspecified atom stereocenters. The highest BCUT2D eigenvalue weighted by molar-refractivity contribution is 4.81. The van der Waals surface area contributed by atoms with E-state index >= 15 is 0 Å². The summed E-state index contributed by atoms with van der Waals surface area (Å²) < 4.78 is 12.2. The van der Waals surface area contributed by atoms with Crippen molar-refractivity contribution in [3.8, 4) is 0 Å². The molecule has 126 valence electrons. The molecule has 0 bridgehead atoms. The summed E-state index contributed by atoms with van der Waals surface area (Å²) >= 11 is 0. The third-order valence-electron chi connectivity index (χ3n) is 4.84. The molecular formula is C18H37FN2. The van der Waals surface area contributed by atoms with Gasteiger partial charge in [-0.05, 0) is 38.8 Å². The molecule has 3 heteroatoms. The summed E-state index contributed by atoms with van der Waals surface area (Å²) in [5.74, 6) is 0. The van der Waals surface area contributed by atoms with E-state index in [4.69, 9.17) is 0 Å². The van der Waals surface area contributed by atoms with Gasteiger partial charge in [-0.25, -0.2) is 4.39 Å². The smallest absolute Gasteiger partial charge is 0.102 e. The lowest BCUT2D eigenvalue weighted by Crippen LogP contribution is -2.47. The first-order chi connectivity index (χ1) is 10.3. The van der Waals surface area contributed by atoms with Crippen molar-refractivity contribution in [2.24, 2.45) is 0 Å². The minimum absolute atomic E-state index is 0.240. The average molecular weight is 301 g/mol. The van der Waals surface area contributed by atoms with Gasteiger partial charge in [0.1, 0.15) is 6.67 Å². The Balaban J connectivity index is 2.23. The number of hydrogen-bond acceptors (Lipinski definition) is 2. The number of likely N-dealkylation sites (tertiary alicyclic amines) is 1. The van der Waals surface area contributed by atoms with Crippen LogP contribution in [0.15, 0.2) is 0 Å². The Morgan fingerprint density at radius 3 is 2.33 bits per heavy atom. The number of hydrogen-bond donors (Lipinski definition) is 1. The molecule has 1 atom stereocenters. The molecule has 1 saturated heterocycles. The summed E-state index contributed by atoms with van der Waals surface area (Å²) in [5.41, 5.74) is 0. The molecule has 0 aromatic rings. The highest BCUT2D eigenvalue weighted by Gasteiger charge is 2.23. The summed E-state index contributed by atoms with van der Waals surface area (Å²) in [5, 5.41) is 3.33. The molecule has 1 aliphatic heterocycles. The van der Waals surface area contributed by atoms with E-state index in [2.05, 4.69) is 24.1 Å². The predicted octanol–water partition coefficient (Wildman–Crippen LogP) is 4.54. The molecule has 2 nitrogen and oxygen atoms in total. The molecule has 0 aromatic heterocycles. The summed E-state index contributed by atoms with van der Waals surface area (Å²) in [7, 11) is 0. The van der Waals surface area contributed by atoms with Crippen molar-refractivity contribution in [2.45, 2.75) is 90.1 Å². The average Bonchev–Trinajstić information content (AvgIpc) is 2.52. The van der Waals surface area contributed by atoms with Gasteiger partial charge in [-0.2, -0.15) is 0 Å². The maximum absolute atomic E-state index is 12.2. The Bertz CT molecular complexity index is 227. The summed E-state index contributed by atoms with van der Waals surface area (Å²) in [6, 6.07) is 1.34. The van der Waals surface area contributed by atoms with Crippen LogP contribution < -0.4 is 5.32 Å². The third-order valence-corrected chi connectivity index (χ3v) is 4.84. The second-order valence-electron chi connectivity index (χ2n) is 6.60. The molecule has 0 aliphatic carbocycles. The van der Waals surface area contributed by atoms with Crippen LogP contribution >= 0.6 is 0 Å². The van der Waals surface area contributed by atoms with E-state index in [9.17, 15) is 4.39 Å². The molecule has 0 aromatic carbocycles. The van der Waals surface area contributed by atoms with E-state index in [1.807, 2.05) is 0 Å². The van der Waals surface area contributed by atoms with Crippen molar-refractivity contribution in [3.05, 3.63) is 0 Å². The van der Waals surface area contributed by atoms with Gasteiger partial charge in [0.25, 0.3) is 0 Å². The largest absolute Gasteiger partial charge is 0.311 e. The number of rotatable bonds is 12. The van der Waals surface area contributed by atoms with Crippen molar-refractivity contribution in [1.29, 1.82) is 0 Å². The monoisotopic (exact) mass is 300 g/mol. The zero-order chi connectivity index (χ0) is 15.3. The number of piperidine rings is 1. The van der Waals surface area contributed by atoms with Gasteiger partial charge in [0.05, 0.1) is 0 Å². The summed E-state index contributed by atoms with van der Waals surface area (Å²) in [6.45, 7) is 7.27. The molecule has 0 radical (unpaired) electrons. The highest BCUT2D eigenvalue weighted by atomic mass is 19.1. The van der Waals surface area contributed by atoms with E-state index in [1.165, 1.54) is 77.3 Å². The fourth-order valence-electron chi connectivity index (χ4n) is 3.55.